The number of piperidine rings is 1. The molecule has 0 N–H and O–H groups in total. The van der Waals surface area contributed by atoms with Crippen LogP contribution in [0.15, 0.2) is 12.3 Å². The molecular weight excluding hydrogens is 316 g/mol. The zero-order valence-electron chi connectivity index (χ0n) is 19.8. The first-order chi connectivity index (χ1) is 14.0. The van der Waals surface area contributed by atoms with Crippen molar-refractivity contribution in [3.8, 4) is 0 Å². The minimum atomic E-state index is -3.00. The van der Waals surface area contributed by atoms with Gasteiger partial charge in [0.2, 0.25) is 0 Å². The van der Waals surface area contributed by atoms with Crippen molar-refractivity contribution in [1.29, 1.82) is 0 Å². The molecule has 3 fully saturated rings. The maximum Gasteiger partial charge on any atom is 0.409 e. The molecule has 1 amide bonds. The molecule has 0 aromatic carbocycles. The zero-order valence-corrected chi connectivity index (χ0v) is 14.8. The average Bonchev–Trinajstić information content (AvgIpc) is 3.26. The minimum Gasteiger partial charge on any atom is -0.450 e. The second-order valence-electron chi connectivity index (χ2n) is 7.89. The van der Waals surface area contributed by atoms with E-state index in [1.54, 1.807) is 0 Å². The van der Waals surface area contributed by atoms with E-state index in [2.05, 4.69) is 20.8 Å². The van der Waals surface area contributed by atoms with Crippen LogP contribution in [-0.2, 0) is 11.8 Å². The first-order valence-electron chi connectivity index (χ1n) is 11.7. The van der Waals surface area contributed by atoms with Gasteiger partial charge in [-0.2, -0.15) is 5.10 Å². The Kier molecular flexibility index (Phi) is 3.17. The predicted molar refractivity (Wildman–Crippen MR) is 95.4 cm³/mol. The van der Waals surface area contributed by atoms with Gasteiger partial charge in [-0.1, -0.05) is 0 Å². The highest BCUT2D eigenvalue weighted by molar-refractivity contribution is 5.68. The molecule has 1 aromatic heterocycles. The first-order valence-corrected chi connectivity index (χ1v) is 9.20. The van der Waals surface area contributed by atoms with Gasteiger partial charge < -0.3 is 14.5 Å². The molecule has 1 spiro atoms. The molecule has 25 heavy (non-hydrogen) atoms. The monoisotopic (exact) mass is 351 g/mol. The Balaban J connectivity index is 1.25. The van der Waals surface area contributed by atoms with Gasteiger partial charge in [-0.15, -0.1) is 0 Å². The Hall–Kier alpha value is -1.56. The number of ether oxygens (including phenoxy) is 1. The first kappa shape index (κ1) is 11.9. The molecule has 1 aliphatic carbocycles. The summed E-state index contributed by atoms with van der Waals surface area (Å²) in [5.74, 6) is 0.563. The van der Waals surface area contributed by atoms with Crippen LogP contribution in [0.1, 0.15) is 57.4 Å². The van der Waals surface area contributed by atoms with Gasteiger partial charge in [0.1, 0.15) is 0 Å². The number of carbonyl (C=O) groups excluding carboxylic acids is 1. The number of carbonyl (C=O) groups is 1. The number of rotatable bonds is 3. The summed E-state index contributed by atoms with van der Waals surface area (Å²) >= 11 is 0. The number of amides is 1. The normalized spacial score (nSPS) is 34.7. The highest BCUT2D eigenvalue weighted by atomic mass is 16.6. The van der Waals surface area contributed by atoms with E-state index in [0.717, 1.165) is 45.2 Å². The number of hydrogen-bond donors (Lipinski definition) is 0. The van der Waals surface area contributed by atoms with Crippen molar-refractivity contribution in [2.45, 2.75) is 50.9 Å². The summed E-state index contributed by atoms with van der Waals surface area (Å²) in [7, 11) is 2.00. The van der Waals surface area contributed by atoms with Gasteiger partial charge in [-0.05, 0) is 63.5 Å². The molecule has 138 valence electrons. The fraction of sp³-hybridized carbons (Fsp3) is 0.789. The van der Waals surface area contributed by atoms with Crippen LogP contribution < -0.4 is 0 Å². The second-order valence-corrected chi connectivity index (χ2v) is 7.89. The predicted octanol–water partition coefficient (Wildman–Crippen LogP) is 2.61. The van der Waals surface area contributed by atoms with E-state index in [0.29, 0.717) is 25.0 Å². The molecule has 0 unspecified atom stereocenters. The van der Waals surface area contributed by atoms with Crippen LogP contribution >= 0.6 is 0 Å². The molecule has 3 heterocycles. The zero-order chi connectivity index (χ0) is 21.7. The van der Waals surface area contributed by atoms with Crippen molar-refractivity contribution >= 4 is 6.09 Å². The van der Waals surface area contributed by atoms with Gasteiger partial charge in [0.25, 0.3) is 0 Å². The van der Waals surface area contributed by atoms with E-state index < -0.39 is 19.5 Å². The van der Waals surface area contributed by atoms with Crippen LogP contribution in [0.25, 0.3) is 0 Å². The van der Waals surface area contributed by atoms with Crippen molar-refractivity contribution in [3.05, 3.63) is 18.0 Å². The van der Waals surface area contributed by atoms with E-state index in [1.807, 2.05) is 17.9 Å². The molecule has 0 atom stereocenters. The summed E-state index contributed by atoms with van der Waals surface area (Å²) in [6.07, 6.45) is 6.17. The second kappa shape index (κ2) is 6.63. The molecule has 1 saturated carbocycles. The summed E-state index contributed by atoms with van der Waals surface area (Å²) < 4.78 is 43.2. The van der Waals surface area contributed by atoms with Crippen molar-refractivity contribution in [2.75, 3.05) is 32.7 Å². The van der Waals surface area contributed by atoms with E-state index >= 15 is 0 Å². The Morgan fingerprint density at radius 2 is 2.24 bits per heavy atom. The summed E-state index contributed by atoms with van der Waals surface area (Å²) in [6.45, 7) is -2.82. The van der Waals surface area contributed by atoms with E-state index in [4.69, 9.17) is 6.85 Å². The van der Waals surface area contributed by atoms with Gasteiger partial charge in [0, 0.05) is 48.1 Å². The molecule has 0 radical (unpaired) electrons. The Morgan fingerprint density at radius 3 is 2.92 bits per heavy atom. The number of nitrogens with zero attached hydrogens (tertiary/aromatic N) is 4. The fourth-order valence-corrected chi connectivity index (χ4v) is 5.08. The Morgan fingerprint density at radius 1 is 1.44 bits per heavy atom. The largest absolute Gasteiger partial charge is 0.450 e. The Bertz CT molecular complexity index is 782. The number of aromatic nitrogens is 2. The standard InChI is InChI=1S/C19H30N4O2/c1-3-25-18(24)23-11-7-19(14-23)12-16(13-19)22-9-5-15(6-10-22)17-4-8-20-21(17)2/h4,8,15-16H,3,5-7,9-14H2,1-2H3/i1D3,3D2. The lowest BCUT2D eigenvalue weighted by Crippen LogP contribution is -2.54. The lowest BCUT2D eigenvalue weighted by molar-refractivity contribution is -0.00503. The number of hydrogen-bond acceptors (Lipinski definition) is 4. The summed E-state index contributed by atoms with van der Waals surface area (Å²) in [6, 6.07) is 2.64. The maximum absolute atomic E-state index is 12.3. The van der Waals surface area contributed by atoms with E-state index in [1.165, 1.54) is 10.6 Å². The molecule has 6 heteroatoms. The van der Waals surface area contributed by atoms with Crippen LogP contribution in [0.4, 0.5) is 4.79 Å². The highest BCUT2D eigenvalue weighted by Crippen LogP contribution is 2.51. The topological polar surface area (TPSA) is 50.6 Å². The number of aryl methyl sites for hydroxylation is 1. The molecule has 4 rings (SSSR count). The molecular formula is C19H30N4O2. The quantitative estimate of drug-likeness (QED) is 0.840. The summed E-state index contributed by atoms with van der Waals surface area (Å²) in [5.41, 5.74) is 1.37. The van der Waals surface area contributed by atoms with Crippen molar-refractivity contribution < 1.29 is 16.4 Å². The van der Waals surface area contributed by atoms with Crippen LogP contribution in [-0.4, -0.2) is 64.5 Å². The third kappa shape index (κ3) is 3.16. The third-order valence-electron chi connectivity index (χ3n) is 6.50. The van der Waals surface area contributed by atoms with Gasteiger partial charge in [0.05, 0.1) is 9.30 Å². The third-order valence-corrected chi connectivity index (χ3v) is 6.50. The fourth-order valence-electron chi connectivity index (χ4n) is 5.08. The van der Waals surface area contributed by atoms with Crippen LogP contribution in [0, 0.1) is 5.41 Å². The summed E-state index contributed by atoms with van der Waals surface area (Å²) in [5, 5.41) is 4.28. The van der Waals surface area contributed by atoms with Gasteiger partial charge >= 0.3 is 6.09 Å². The Labute approximate surface area is 157 Å². The molecule has 1 aromatic rings. The van der Waals surface area contributed by atoms with Crippen LogP contribution in [0.2, 0.25) is 0 Å². The number of likely N-dealkylation sites (tertiary alicyclic amines) is 2. The van der Waals surface area contributed by atoms with Gasteiger partial charge in [0.15, 0.2) is 0 Å². The molecule has 2 saturated heterocycles. The average molecular weight is 352 g/mol. The van der Waals surface area contributed by atoms with Crippen molar-refractivity contribution in [2.24, 2.45) is 12.5 Å². The molecule has 6 nitrogen and oxygen atoms in total. The van der Waals surface area contributed by atoms with Gasteiger partial charge in [-0.25, -0.2) is 4.79 Å². The smallest absolute Gasteiger partial charge is 0.409 e. The van der Waals surface area contributed by atoms with Crippen LogP contribution in [0.5, 0.6) is 0 Å². The van der Waals surface area contributed by atoms with Crippen LogP contribution in [0.3, 0.4) is 0 Å². The van der Waals surface area contributed by atoms with Crippen molar-refractivity contribution in [3.63, 3.8) is 0 Å². The van der Waals surface area contributed by atoms with Gasteiger partial charge in [-0.3, -0.25) is 4.68 Å². The lowest BCUT2D eigenvalue weighted by Gasteiger charge is -2.51. The molecule has 0 bridgehead atoms. The lowest BCUT2D eigenvalue weighted by atomic mass is 9.64. The SMILES string of the molecule is [2H]C([2H])([2H])C([2H])([2H])OC(=O)N1CCC2(CC(N3CCC(c4ccnn4C)CC3)C2)C1. The summed E-state index contributed by atoms with van der Waals surface area (Å²) in [4.78, 5) is 16.3. The highest BCUT2D eigenvalue weighted by Gasteiger charge is 2.51. The van der Waals surface area contributed by atoms with E-state index in [9.17, 15) is 4.79 Å². The van der Waals surface area contributed by atoms with Crippen molar-refractivity contribution in [1.82, 2.24) is 19.6 Å². The maximum atomic E-state index is 12.3. The molecule has 2 aliphatic heterocycles. The minimum absolute atomic E-state index is 0.0648. The van der Waals surface area contributed by atoms with E-state index in [-0.39, 0.29) is 5.41 Å². The molecule has 3 aliphatic rings.